The number of hydrogen-bond acceptors (Lipinski definition) is 4. The van der Waals surface area contributed by atoms with Crippen molar-refractivity contribution in [3.63, 3.8) is 0 Å². The summed E-state index contributed by atoms with van der Waals surface area (Å²) in [7, 11) is -3.68. The molecular formula is C23H28FN3O4S. The molecule has 1 heterocycles. The minimum atomic E-state index is -3.68. The molecular weight excluding hydrogens is 433 g/mol. The Morgan fingerprint density at radius 3 is 2.19 bits per heavy atom. The number of hydrogen-bond donors (Lipinski definition) is 1. The molecule has 9 heteroatoms. The number of amides is 2. The van der Waals surface area contributed by atoms with Gasteiger partial charge >= 0.3 is 0 Å². The molecule has 0 radical (unpaired) electrons. The van der Waals surface area contributed by atoms with Gasteiger partial charge in [-0.3, -0.25) is 9.59 Å². The van der Waals surface area contributed by atoms with Crippen LogP contribution in [-0.2, 0) is 39.1 Å². The number of halogens is 1. The monoisotopic (exact) mass is 461 g/mol. The van der Waals surface area contributed by atoms with Gasteiger partial charge in [0.15, 0.2) is 0 Å². The molecule has 172 valence electrons. The Morgan fingerprint density at radius 2 is 1.62 bits per heavy atom. The van der Waals surface area contributed by atoms with E-state index in [1.54, 1.807) is 19.1 Å². The minimum absolute atomic E-state index is 0.126. The zero-order chi connectivity index (χ0) is 23.5. The summed E-state index contributed by atoms with van der Waals surface area (Å²) in [5.74, 6) is -1.30. The fraction of sp³-hybridized carbons (Fsp3) is 0.391. The molecule has 1 unspecified atom stereocenters. The second-order valence-corrected chi connectivity index (χ2v) is 10.2. The number of nitrogens with zero attached hydrogens (tertiary/aromatic N) is 2. The molecule has 1 fully saturated rings. The maximum atomic E-state index is 13.3. The number of aryl methyl sites for hydroxylation is 1. The van der Waals surface area contributed by atoms with Crippen LogP contribution in [0, 0.1) is 5.82 Å². The number of nitrogens with one attached hydrogen (secondary N) is 1. The van der Waals surface area contributed by atoms with Gasteiger partial charge < -0.3 is 10.2 Å². The molecule has 0 bridgehead atoms. The Labute approximate surface area is 188 Å². The maximum Gasteiger partial charge on any atom is 0.247 e. The second kappa shape index (κ2) is 9.38. The van der Waals surface area contributed by atoms with E-state index in [9.17, 15) is 22.4 Å². The first-order valence-corrected chi connectivity index (χ1v) is 12.2. The van der Waals surface area contributed by atoms with Crippen LogP contribution in [0.25, 0.3) is 0 Å². The van der Waals surface area contributed by atoms with Crippen molar-refractivity contribution in [2.24, 2.45) is 0 Å². The molecule has 1 aliphatic heterocycles. The maximum absolute atomic E-state index is 13.3. The number of carbonyl (C=O) groups excluding carboxylic acids is 2. The predicted octanol–water partition coefficient (Wildman–Crippen LogP) is 2.07. The third-order valence-electron chi connectivity index (χ3n) is 5.79. The highest BCUT2D eigenvalue weighted by Crippen LogP contribution is 2.27. The average Bonchev–Trinajstić information content (AvgIpc) is 2.75. The van der Waals surface area contributed by atoms with E-state index in [1.165, 1.54) is 17.0 Å². The molecule has 0 aliphatic carbocycles. The molecule has 7 nitrogen and oxygen atoms in total. The fourth-order valence-electron chi connectivity index (χ4n) is 3.73. The summed E-state index contributed by atoms with van der Waals surface area (Å²) >= 11 is 0. The van der Waals surface area contributed by atoms with Crippen molar-refractivity contribution in [1.29, 1.82) is 0 Å². The molecule has 1 aliphatic rings. The highest BCUT2D eigenvalue weighted by molar-refractivity contribution is 7.88. The van der Waals surface area contributed by atoms with Gasteiger partial charge in [0.1, 0.15) is 11.4 Å². The van der Waals surface area contributed by atoms with Gasteiger partial charge in [-0.2, -0.15) is 4.31 Å². The summed E-state index contributed by atoms with van der Waals surface area (Å²) in [5, 5.41) is 2.78. The van der Waals surface area contributed by atoms with Crippen LogP contribution in [0.1, 0.15) is 30.5 Å². The zero-order valence-corrected chi connectivity index (χ0v) is 19.3. The number of carbonyl (C=O) groups is 2. The highest BCUT2D eigenvalue weighted by atomic mass is 32.2. The number of benzene rings is 2. The molecule has 0 spiro atoms. The number of piperazine rings is 1. The first kappa shape index (κ1) is 23.9. The molecule has 0 aromatic heterocycles. The van der Waals surface area contributed by atoms with E-state index in [0.717, 1.165) is 28.1 Å². The van der Waals surface area contributed by atoms with Crippen LogP contribution in [0.2, 0.25) is 0 Å². The van der Waals surface area contributed by atoms with Crippen LogP contribution < -0.4 is 5.32 Å². The standard InChI is InChI=1S/C23H28FN3O4S/c1-4-17-5-7-19(8-6-17)14-27-21(28)15-26(32(3,30)31)16-23(27,2)22(29)25-13-18-9-11-20(24)12-10-18/h5-12H,4,13-16H2,1-3H3,(H,25,29). The van der Waals surface area contributed by atoms with Crippen LogP contribution in [0.15, 0.2) is 48.5 Å². The summed E-state index contributed by atoms with van der Waals surface area (Å²) in [6.45, 7) is 3.46. The zero-order valence-electron chi connectivity index (χ0n) is 18.5. The Kier molecular flexibility index (Phi) is 7.00. The second-order valence-electron chi connectivity index (χ2n) is 8.26. The Balaban J connectivity index is 1.86. The van der Waals surface area contributed by atoms with Crippen LogP contribution >= 0.6 is 0 Å². The van der Waals surface area contributed by atoms with Crippen LogP contribution in [0.3, 0.4) is 0 Å². The SMILES string of the molecule is CCc1ccc(CN2C(=O)CN(S(C)(=O)=O)CC2(C)C(=O)NCc2ccc(F)cc2)cc1. The van der Waals surface area contributed by atoms with Crippen molar-refractivity contribution < 1.29 is 22.4 Å². The summed E-state index contributed by atoms with van der Waals surface area (Å²) in [4.78, 5) is 27.7. The van der Waals surface area contributed by atoms with Crippen molar-refractivity contribution in [2.45, 2.75) is 38.9 Å². The van der Waals surface area contributed by atoms with Gasteiger partial charge in [0, 0.05) is 19.6 Å². The molecule has 3 rings (SSSR count). The molecule has 1 saturated heterocycles. The molecule has 32 heavy (non-hydrogen) atoms. The van der Waals surface area contributed by atoms with E-state index in [2.05, 4.69) is 5.32 Å². The quantitative estimate of drug-likeness (QED) is 0.684. The van der Waals surface area contributed by atoms with E-state index < -0.39 is 27.4 Å². The molecule has 2 aromatic carbocycles. The average molecular weight is 462 g/mol. The molecule has 0 saturated carbocycles. The lowest BCUT2D eigenvalue weighted by Gasteiger charge is -2.46. The fourth-order valence-corrected chi connectivity index (χ4v) is 4.56. The summed E-state index contributed by atoms with van der Waals surface area (Å²) in [5.41, 5.74) is 1.27. The van der Waals surface area contributed by atoms with Crippen LogP contribution in [-0.4, -0.2) is 54.3 Å². The Hall–Kier alpha value is -2.78. The van der Waals surface area contributed by atoms with E-state index in [-0.39, 0.29) is 32.0 Å². The van der Waals surface area contributed by atoms with E-state index in [4.69, 9.17) is 0 Å². The molecule has 1 atom stereocenters. The van der Waals surface area contributed by atoms with Crippen molar-refractivity contribution in [2.75, 3.05) is 19.3 Å². The summed E-state index contributed by atoms with van der Waals surface area (Å²) in [6, 6.07) is 13.5. The van der Waals surface area contributed by atoms with E-state index in [0.29, 0.717) is 5.56 Å². The molecule has 1 N–H and O–H groups in total. The third kappa shape index (κ3) is 5.34. The third-order valence-corrected chi connectivity index (χ3v) is 6.99. The first-order valence-electron chi connectivity index (χ1n) is 10.4. The van der Waals surface area contributed by atoms with Gasteiger partial charge in [-0.05, 0) is 42.2 Å². The first-order chi connectivity index (χ1) is 15.0. The highest BCUT2D eigenvalue weighted by Gasteiger charge is 2.49. The normalized spacial score (nSPS) is 19.8. The van der Waals surface area contributed by atoms with Crippen LogP contribution in [0.4, 0.5) is 4.39 Å². The van der Waals surface area contributed by atoms with Gasteiger partial charge in [-0.25, -0.2) is 12.8 Å². The van der Waals surface area contributed by atoms with Crippen LogP contribution in [0.5, 0.6) is 0 Å². The lowest BCUT2D eigenvalue weighted by atomic mass is 9.94. The van der Waals surface area contributed by atoms with E-state index >= 15 is 0 Å². The lowest BCUT2D eigenvalue weighted by molar-refractivity contribution is -0.153. The Morgan fingerprint density at radius 1 is 1.06 bits per heavy atom. The largest absolute Gasteiger partial charge is 0.350 e. The molecule has 2 amide bonds. The van der Waals surface area contributed by atoms with Gasteiger partial charge in [0.05, 0.1) is 12.8 Å². The smallest absolute Gasteiger partial charge is 0.247 e. The molecule has 2 aromatic rings. The summed E-state index contributed by atoms with van der Waals surface area (Å²) in [6.07, 6.45) is 1.91. The van der Waals surface area contributed by atoms with Crippen molar-refractivity contribution in [3.05, 3.63) is 71.0 Å². The lowest BCUT2D eigenvalue weighted by Crippen LogP contribution is -2.69. The Bertz CT molecular complexity index is 1090. The van der Waals surface area contributed by atoms with Crippen molar-refractivity contribution >= 4 is 21.8 Å². The van der Waals surface area contributed by atoms with Gasteiger partial charge in [0.25, 0.3) is 0 Å². The predicted molar refractivity (Wildman–Crippen MR) is 119 cm³/mol. The topological polar surface area (TPSA) is 86.8 Å². The van der Waals surface area contributed by atoms with Crippen molar-refractivity contribution in [1.82, 2.24) is 14.5 Å². The number of rotatable bonds is 7. The van der Waals surface area contributed by atoms with E-state index in [1.807, 2.05) is 31.2 Å². The van der Waals surface area contributed by atoms with Gasteiger partial charge in [0.2, 0.25) is 21.8 Å². The van der Waals surface area contributed by atoms with Gasteiger partial charge in [-0.15, -0.1) is 0 Å². The number of sulfonamides is 1. The summed E-state index contributed by atoms with van der Waals surface area (Å²) < 4.78 is 38.5. The van der Waals surface area contributed by atoms with Gasteiger partial charge in [-0.1, -0.05) is 43.3 Å². The minimum Gasteiger partial charge on any atom is -0.350 e. The van der Waals surface area contributed by atoms with Crippen molar-refractivity contribution in [3.8, 4) is 0 Å².